The maximum atomic E-state index is 5.60. The molecule has 13 heavy (non-hydrogen) atoms. The number of benzene rings is 1. The summed E-state index contributed by atoms with van der Waals surface area (Å²) in [5.74, 6) is 1.01. The summed E-state index contributed by atoms with van der Waals surface area (Å²) in [6, 6.07) is 7.58. The number of ether oxygens (including phenoxy) is 1. The molecular formula is C10H15IOSi. The van der Waals surface area contributed by atoms with Crippen molar-refractivity contribution in [2.24, 2.45) is 0 Å². The summed E-state index contributed by atoms with van der Waals surface area (Å²) < 4.78 is 6.90. The highest BCUT2D eigenvalue weighted by Crippen LogP contribution is 2.18. The average molecular weight is 306 g/mol. The van der Waals surface area contributed by atoms with Crippen LogP contribution in [0.3, 0.4) is 0 Å². The van der Waals surface area contributed by atoms with E-state index in [-0.39, 0.29) is 0 Å². The van der Waals surface area contributed by atoms with Gasteiger partial charge in [0.15, 0.2) is 0 Å². The minimum atomic E-state index is 0.865. The van der Waals surface area contributed by atoms with Crippen molar-refractivity contribution in [1.29, 1.82) is 0 Å². The molecule has 0 aliphatic carbocycles. The molecule has 0 unspecified atom stereocenters. The van der Waals surface area contributed by atoms with E-state index in [0.29, 0.717) is 0 Å². The van der Waals surface area contributed by atoms with Gasteiger partial charge in [0.1, 0.15) is 5.75 Å². The number of hydrogen-bond donors (Lipinski definition) is 0. The summed E-state index contributed by atoms with van der Waals surface area (Å²) in [7, 11) is 1.28. The molecule has 0 heterocycles. The first-order chi connectivity index (χ1) is 6.24. The molecule has 0 fully saturated rings. The number of rotatable bonds is 4. The summed E-state index contributed by atoms with van der Waals surface area (Å²) in [6.07, 6.45) is 1.19. The van der Waals surface area contributed by atoms with Crippen molar-refractivity contribution in [3.8, 4) is 5.75 Å². The lowest BCUT2D eigenvalue weighted by Gasteiger charge is -2.06. The summed E-state index contributed by atoms with van der Waals surface area (Å²) in [5, 5.41) is 0. The molecule has 0 aliphatic heterocycles. The third-order valence-electron chi connectivity index (χ3n) is 1.90. The standard InChI is InChI=1S/C10H15IOSi/c1-8-7-9(3-4-10(8)11)12-5-2-6-13/h3-4,7H,2,5-6H2,1,13H3. The van der Waals surface area contributed by atoms with E-state index in [9.17, 15) is 0 Å². The Kier molecular flexibility index (Phi) is 4.80. The Morgan fingerprint density at radius 2 is 2.23 bits per heavy atom. The van der Waals surface area contributed by atoms with Crippen LogP contribution in [0.15, 0.2) is 18.2 Å². The van der Waals surface area contributed by atoms with Crippen molar-refractivity contribution in [1.82, 2.24) is 0 Å². The molecular weight excluding hydrogens is 291 g/mol. The second kappa shape index (κ2) is 5.65. The minimum Gasteiger partial charge on any atom is -0.494 e. The predicted octanol–water partition coefficient (Wildman–Crippen LogP) is 2.15. The Balaban J connectivity index is 2.53. The van der Waals surface area contributed by atoms with E-state index in [1.807, 2.05) is 6.07 Å². The van der Waals surface area contributed by atoms with E-state index in [2.05, 4.69) is 41.6 Å². The molecule has 0 amide bonds. The minimum absolute atomic E-state index is 0.865. The monoisotopic (exact) mass is 306 g/mol. The normalized spacial score (nSPS) is 10.3. The van der Waals surface area contributed by atoms with E-state index < -0.39 is 0 Å². The van der Waals surface area contributed by atoms with Gasteiger partial charge < -0.3 is 4.74 Å². The highest BCUT2D eigenvalue weighted by Gasteiger charge is 1.97. The van der Waals surface area contributed by atoms with Gasteiger partial charge in [0.25, 0.3) is 0 Å². The van der Waals surface area contributed by atoms with Gasteiger partial charge in [-0.2, -0.15) is 0 Å². The van der Waals surface area contributed by atoms with E-state index in [0.717, 1.165) is 12.4 Å². The highest BCUT2D eigenvalue weighted by atomic mass is 127. The fourth-order valence-corrected chi connectivity index (χ4v) is 1.67. The Morgan fingerprint density at radius 1 is 1.46 bits per heavy atom. The zero-order valence-electron chi connectivity index (χ0n) is 8.14. The van der Waals surface area contributed by atoms with E-state index in [4.69, 9.17) is 4.74 Å². The van der Waals surface area contributed by atoms with Crippen molar-refractivity contribution < 1.29 is 4.74 Å². The third kappa shape index (κ3) is 3.68. The molecule has 0 saturated carbocycles. The first-order valence-corrected chi connectivity index (χ1v) is 7.12. The zero-order valence-corrected chi connectivity index (χ0v) is 12.3. The van der Waals surface area contributed by atoms with Gasteiger partial charge in [-0.1, -0.05) is 6.04 Å². The lowest BCUT2D eigenvalue weighted by atomic mass is 10.2. The summed E-state index contributed by atoms with van der Waals surface area (Å²) in [5.41, 5.74) is 1.30. The molecule has 0 aromatic heterocycles. The fraction of sp³-hybridized carbons (Fsp3) is 0.400. The maximum Gasteiger partial charge on any atom is 0.119 e. The average Bonchev–Trinajstić information content (AvgIpc) is 2.12. The smallest absolute Gasteiger partial charge is 0.119 e. The van der Waals surface area contributed by atoms with Gasteiger partial charge in [0.2, 0.25) is 0 Å². The van der Waals surface area contributed by atoms with Crippen molar-refractivity contribution in [3.05, 3.63) is 27.3 Å². The SMILES string of the molecule is Cc1cc(OCCC[SiH3])ccc1I. The first kappa shape index (κ1) is 11.0. The van der Waals surface area contributed by atoms with Crippen LogP contribution in [0.4, 0.5) is 0 Å². The molecule has 0 N–H and O–H groups in total. The van der Waals surface area contributed by atoms with Crippen LogP contribution in [0.2, 0.25) is 6.04 Å². The van der Waals surface area contributed by atoms with E-state index in [1.165, 1.54) is 31.8 Å². The first-order valence-electron chi connectivity index (χ1n) is 4.63. The van der Waals surface area contributed by atoms with E-state index >= 15 is 0 Å². The van der Waals surface area contributed by atoms with Gasteiger partial charge in [-0.25, -0.2) is 0 Å². The number of halogens is 1. The molecule has 72 valence electrons. The molecule has 0 aliphatic rings. The summed E-state index contributed by atoms with van der Waals surface area (Å²) >= 11 is 2.34. The molecule has 0 atom stereocenters. The van der Waals surface area contributed by atoms with Gasteiger partial charge >= 0.3 is 0 Å². The quantitative estimate of drug-likeness (QED) is 0.470. The summed E-state index contributed by atoms with van der Waals surface area (Å²) in [6.45, 7) is 2.98. The molecule has 0 saturated heterocycles. The van der Waals surface area contributed by atoms with Crippen molar-refractivity contribution in [3.63, 3.8) is 0 Å². The fourth-order valence-electron chi connectivity index (χ4n) is 1.04. The van der Waals surface area contributed by atoms with Crippen molar-refractivity contribution >= 4 is 32.8 Å². The summed E-state index contributed by atoms with van der Waals surface area (Å²) in [4.78, 5) is 0. The lowest BCUT2D eigenvalue weighted by Crippen LogP contribution is -1.97. The van der Waals surface area contributed by atoms with E-state index in [1.54, 1.807) is 0 Å². The Morgan fingerprint density at radius 3 is 2.85 bits per heavy atom. The predicted molar refractivity (Wildman–Crippen MR) is 68.8 cm³/mol. The van der Waals surface area contributed by atoms with Crippen LogP contribution in [-0.4, -0.2) is 16.8 Å². The molecule has 0 radical (unpaired) electrons. The Bertz CT molecular complexity index is 276. The van der Waals surface area contributed by atoms with Crippen molar-refractivity contribution in [2.75, 3.05) is 6.61 Å². The zero-order chi connectivity index (χ0) is 9.68. The van der Waals surface area contributed by atoms with Crippen LogP contribution in [0.25, 0.3) is 0 Å². The second-order valence-corrected chi connectivity index (χ2v) is 5.28. The third-order valence-corrected chi connectivity index (χ3v) is 3.81. The largest absolute Gasteiger partial charge is 0.494 e. The Hall–Kier alpha value is -0.0331. The second-order valence-electron chi connectivity index (χ2n) is 3.11. The number of hydrogen-bond acceptors (Lipinski definition) is 1. The molecule has 1 rings (SSSR count). The lowest BCUT2D eigenvalue weighted by molar-refractivity contribution is 0.317. The van der Waals surface area contributed by atoms with Gasteiger partial charge in [-0.15, -0.1) is 0 Å². The van der Waals surface area contributed by atoms with Crippen LogP contribution in [0.5, 0.6) is 5.75 Å². The van der Waals surface area contributed by atoms with Gasteiger partial charge in [-0.3, -0.25) is 0 Å². The van der Waals surface area contributed by atoms with Gasteiger partial charge in [0.05, 0.1) is 6.61 Å². The number of aryl methyl sites for hydroxylation is 1. The van der Waals surface area contributed by atoms with Gasteiger partial charge in [-0.05, 0) is 59.7 Å². The molecule has 3 heteroatoms. The van der Waals surface area contributed by atoms with Crippen molar-refractivity contribution in [2.45, 2.75) is 19.4 Å². The molecule has 0 spiro atoms. The molecule has 1 aromatic rings. The molecule has 1 nitrogen and oxygen atoms in total. The highest BCUT2D eigenvalue weighted by molar-refractivity contribution is 14.1. The molecule has 1 aromatic carbocycles. The van der Waals surface area contributed by atoms with Crippen LogP contribution < -0.4 is 4.74 Å². The van der Waals surface area contributed by atoms with Crippen LogP contribution in [-0.2, 0) is 0 Å². The maximum absolute atomic E-state index is 5.60. The van der Waals surface area contributed by atoms with Crippen LogP contribution in [0, 0.1) is 10.5 Å². The van der Waals surface area contributed by atoms with Crippen LogP contribution in [0.1, 0.15) is 12.0 Å². The Labute approximate surface area is 96.4 Å². The van der Waals surface area contributed by atoms with Gasteiger partial charge in [0, 0.05) is 13.8 Å². The molecule has 0 bridgehead atoms. The van der Waals surface area contributed by atoms with Crippen LogP contribution >= 0.6 is 22.6 Å². The topological polar surface area (TPSA) is 9.23 Å².